The molecule has 0 fully saturated rings. The van der Waals surface area contributed by atoms with Crippen molar-refractivity contribution in [3.63, 3.8) is 0 Å². The first kappa shape index (κ1) is 15.0. The van der Waals surface area contributed by atoms with E-state index in [-0.39, 0.29) is 5.56 Å². The van der Waals surface area contributed by atoms with E-state index in [4.69, 9.17) is 0 Å². The van der Waals surface area contributed by atoms with E-state index >= 15 is 0 Å². The summed E-state index contributed by atoms with van der Waals surface area (Å²) in [5.41, 5.74) is 5.56. The zero-order chi connectivity index (χ0) is 16.5. The minimum atomic E-state index is -0.00700. The molecule has 0 radical (unpaired) electrons. The van der Waals surface area contributed by atoms with Crippen molar-refractivity contribution in [2.75, 3.05) is 18.6 Å². The highest BCUT2D eigenvalue weighted by Crippen LogP contribution is 2.24. The van der Waals surface area contributed by atoms with Crippen LogP contribution in [0.25, 0.3) is 0 Å². The van der Waals surface area contributed by atoms with Gasteiger partial charge in [-0.1, -0.05) is 12.1 Å². The summed E-state index contributed by atoms with van der Waals surface area (Å²) in [4.78, 5) is 16.4. The molecule has 1 aliphatic heterocycles. The number of aromatic amines is 1. The molecule has 0 spiro atoms. The molecule has 2 aromatic rings. The van der Waals surface area contributed by atoms with Crippen LogP contribution in [0.2, 0.25) is 0 Å². The van der Waals surface area contributed by atoms with E-state index in [0.29, 0.717) is 0 Å². The SMILES string of the molecule is CN1C=CN(c2cccc(Cc3n[nH]c(=O)c4c3CCCC4)c2)C1. The second kappa shape index (κ2) is 6.15. The van der Waals surface area contributed by atoms with Gasteiger partial charge in [-0.3, -0.25) is 4.79 Å². The summed E-state index contributed by atoms with van der Waals surface area (Å²) < 4.78 is 0. The third kappa shape index (κ3) is 2.82. The monoisotopic (exact) mass is 322 g/mol. The predicted molar refractivity (Wildman–Crippen MR) is 95.0 cm³/mol. The van der Waals surface area contributed by atoms with Gasteiger partial charge in [0.15, 0.2) is 0 Å². The Morgan fingerprint density at radius 1 is 1.17 bits per heavy atom. The largest absolute Gasteiger partial charge is 0.361 e. The Kier molecular flexibility index (Phi) is 3.84. The molecule has 0 atom stereocenters. The standard InChI is InChI=1S/C19H22N4O/c1-22-9-10-23(13-22)15-6-4-5-14(11-15)12-18-16-7-2-3-8-17(16)19(24)21-20-18/h4-6,9-11H,2-3,7-8,12-13H2,1H3,(H,21,24). The van der Waals surface area contributed by atoms with Gasteiger partial charge in [0, 0.05) is 37.1 Å². The topological polar surface area (TPSA) is 52.2 Å². The van der Waals surface area contributed by atoms with Crippen molar-refractivity contribution in [1.82, 2.24) is 15.1 Å². The van der Waals surface area contributed by atoms with Crippen molar-refractivity contribution in [3.8, 4) is 0 Å². The highest BCUT2D eigenvalue weighted by Gasteiger charge is 2.18. The van der Waals surface area contributed by atoms with E-state index < -0.39 is 0 Å². The summed E-state index contributed by atoms with van der Waals surface area (Å²) in [6.07, 6.45) is 9.04. The first-order valence-corrected chi connectivity index (χ1v) is 8.54. The summed E-state index contributed by atoms with van der Waals surface area (Å²) in [5, 5.41) is 7.04. The lowest BCUT2D eigenvalue weighted by Gasteiger charge is -2.20. The normalized spacial score (nSPS) is 16.5. The van der Waals surface area contributed by atoms with Crippen molar-refractivity contribution >= 4 is 5.69 Å². The first-order valence-electron chi connectivity index (χ1n) is 8.54. The average molecular weight is 322 g/mol. The summed E-state index contributed by atoms with van der Waals surface area (Å²) in [6, 6.07) is 8.57. The fourth-order valence-corrected chi connectivity index (χ4v) is 3.61. The fraction of sp³-hybridized carbons (Fsp3) is 0.368. The number of nitrogens with zero attached hydrogens (tertiary/aromatic N) is 3. The van der Waals surface area contributed by atoms with Crippen LogP contribution in [0.15, 0.2) is 41.5 Å². The molecule has 0 saturated heterocycles. The molecule has 124 valence electrons. The lowest BCUT2D eigenvalue weighted by atomic mass is 9.90. The van der Waals surface area contributed by atoms with Crippen LogP contribution in [0.1, 0.15) is 35.2 Å². The van der Waals surface area contributed by atoms with Crippen molar-refractivity contribution in [3.05, 3.63) is 69.4 Å². The van der Waals surface area contributed by atoms with Crippen LogP contribution in [-0.4, -0.2) is 28.8 Å². The third-order valence-corrected chi connectivity index (χ3v) is 4.87. The van der Waals surface area contributed by atoms with Gasteiger partial charge in [0.25, 0.3) is 5.56 Å². The van der Waals surface area contributed by atoms with Gasteiger partial charge in [0.05, 0.1) is 12.4 Å². The Bertz CT molecular complexity index is 840. The number of fused-ring (bicyclic) bond motifs is 1. The van der Waals surface area contributed by atoms with E-state index in [2.05, 4.69) is 63.7 Å². The minimum absolute atomic E-state index is 0.00700. The van der Waals surface area contributed by atoms with Gasteiger partial charge >= 0.3 is 0 Å². The van der Waals surface area contributed by atoms with Gasteiger partial charge in [0.1, 0.15) is 0 Å². The summed E-state index contributed by atoms with van der Waals surface area (Å²) in [5.74, 6) is 0. The van der Waals surface area contributed by atoms with Gasteiger partial charge in [-0.25, -0.2) is 5.10 Å². The lowest BCUT2D eigenvalue weighted by molar-refractivity contribution is 0.495. The molecule has 5 nitrogen and oxygen atoms in total. The number of nitrogens with one attached hydrogen (secondary N) is 1. The Balaban J connectivity index is 1.62. The van der Waals surface area contributed by atoms with E-state index in [1.54, 1.807) is 0 Å². The maximum Gasteiger partial charge on any atom is 0.267 e. The Labute approximate surface area is 141 Å². The maximum atomic E-state index is 12.0. The molecular formula is C19H22N4O. The Hall–Kier alpha value is -2.56. The number of H-pyrrole nitrogens is 1. The van der Waals surface area contributed by atoms with Gasteiger partial charge in [-0.05, 0) is 48.9 Å². The molecule has 1 aromatic carbocycles. The van der Waals surface area contributed by atoms with Crippen molar-refractivity contribution < 1.29 is 0 Å². The maximum absolute atomic E-state index is 12.0. The molecule has 0 amide bonds. The second-order valence-corrected chi connectivity index (χ2v) is 6.68. The highest BCUT2D eigenvalue weighted by molar-refractivity contribution is 5.52. The smallest absolute Gasteiger partial charge is 0.267 e. The van der Waals surface area contributed by atoms with Crippen LogP contribution in [-0.2, 0) is 19.3 Å². The van der Waals surface area contributed by atoms with Crippen molar-refractivity contribution in [1.29, 1.82) is 0 Å². The summed E-state index contributed by atoms with van der Waals surface area (Å²) >= 11 is 0. The summed E-state index contributed by atoms with van der Waals surface area (Å²) in [7, 11) is 2.07. The van der Waals surface area contributed by atoms with E-state index in [1.807, 2.05) is 0 Å². The number of hydrogen-bond donors (Lipinski definition) is 1. The zero-order valence-corrected chi connectivity index (χ0v) is 14.0. The van der Waals surface area contributed by atoms with Gasteiger partial charge in [0.2, 0.25) is 0 Å². The van der Waals surface area contributed by atoms with Crippen LogP contribution < -0.4 is 10.5 Å². The number of benzene rings is 1. The molecule has 2 heterocycles. The average Bonchev–Trinajstić information content (AvgIpc) is 3.05. The number of aromatic nitrogens is 2. The van der Waals surface area contributed by atoms with Crippen molar-refractivity contribution in [2.45, 2.75) is 32.1 Å². The van der Waals surface area contributed by atoms with E-state index in [1.165, 1.54) is 16.8 Å². The molecule has 0 unspecified atom stereocenters. The molecule has 24 heavy (non-hydrogen) atoms. The summed E-state index contributed by atoms with van der Waals surface area (Å²) in [6.45, 7) is 0.871. The minimum Gasteiger partial charge on any atom is -0.361 e. The quantitative estimate of drug-likeness (QED) is 0.943. The van der Waals surface area contributed by atoms with Crippen LogP contribution in [0, 0.1) is 0 Å². The van der Waals surface area contributed by atoms with Gasteiger partial charge in [-0.2, -0.15) is 5.10 Å². The lowest BCUT2D eigenvalue weighted by Crippen LogP contribution is -2.23. The highest BCUT2D eigenvalue weighted by atomic mass is 16.1. The van der Waals surface area contributed by atoms with Crippen molar-refractivity contribution in [2.24, 2.45) is 0 Å². The molecule has 0 bridgehead atoms. The van der Waals surface area contributed by atoms with E-state index in [9.17, 15) is 4.79 Å². The Morgan fingerprint density at radius 2 is 2.00 bits per heavy atom. The van der Waals surface area contributed by atoms with Crippen LogP contribution in [0.3, 0.4) is 0 Å². The number of hydrogen-bond acceptors (Lipinski definition) is 4. The molecule has 1 N–H and O–H groups in total. The zero-order valence-electron chi connectivity index (χ0n) is 14.0. The Morgan fingerprint density at radius 3 is 2.79 bits per heavy atom. The third-order valence-electron chi connectivity index (χ3n) is 4.87. The molecule has 4 rings (SSSR count). The number of rotatable bonds is 3. The number of anilines is 1. The molecule has 1 aliphatic carbocycles. The second-order valence-electron chi connectivity index (χ2n) is 6.68. The molecule has 5 heteroatoms. The molecule has 0 saturated carbocycles. The molecular weight excluding hydrogens is 300 g/mol. The fourth-order valence-electron chi connectivity index (χ4n) is 3.61. The van der Waals surface area contributed by atoms with Gasteiger partial charge in [-0.15, -0.1) is 0 Å². The molecule has 1 aromatic heterocycles. The van der Waals surface area contributed by atoms with Crippen LogP contribution in [0.4, 0.5) is 5.69 Å². The van der Waals surface area contributed by atoms with Crippen LogP contribution in [0.5, 0.6) is 0 Å². The van der Waals surface area contributed by atoms with Gasteiger partial charge < -0.3 is 9.80 Å². The predicted octanol–water partition coefficient (Wildman–Crippen LogP) is 2.42. The first-order chi connectivity index (χ1) is 11.7. The van der Waals surface area contributed by atoms with Crippen LogP contribution >= 0.6 is 0 Å². The molecule has 2 aliphatic rings. The van der Waals surface area contributed by atoms with E-state index in [0.717, 1.165) is 50.0 Å².